The van der Waals surface area contributed by atoms with Crippen LogP contribution in [0.15, 0.2) is 48.5 Å². The summed E-state index contributed by atoms with van der Waals surface area (Å²) in [6.07, 6.45) is 2.69. The van der Waals surface area contributed by atoms with Crippen molar-refractivity contribution in [2.24, 2.45) is 0 Å². The van der Waals surface area contributed by atoms with Crippen molar-refractivity contribution in [2.45, 2.75) is 46.2 Å². The number of anilines is 1. The molecule has 0 spiro atoms. The van der Waals surface area contributed by atoms with Gasteiger partial charge in [-0.15, -0.1) is 0 Å². The van der Waals surface area contributed by atoms with E-state index >= 15 is 0 Å². The maximum atomic E-state index is 12.9. The molecule has 152 valence electrons. The van der Waals surface area contributed by atoms with Gasteiger partial charge in [0.1, 0.15) is 5.75 Å². The summed E-state index contributed by atoms with van der Waals surface area (Å²) in [4.78, 5) is 14.7. The van der Waals surface area contributed by atoms with E-state index in [1.807, 2.05) is 44.2 Å². The quantitative estimate of drug-likeness (QED) is 0.661. The van der Waals surface area contributed by atoms with Crippen LogP contribution in [0.2, 0.25) is 0 Å². The monoisotopic (exact) mass is 404 g/mol. The molecule has 1 N–H and O–H groups in total. The average molecular weight is 405 g/mol. The number of hydrogen-bond acceptors (Lipinski definition) is 4. The van der Waals surface area contributed by atoms with Crippen LogP contribution in [0.5, 0.6) is 5.75 Å². The Bertz CT molecular complexity index is 912. The molecule has 0 unspecified atom stereocenters. The second-order valence-electron chi connectivity index (χ2n) is 6.80. The summed E-state index contributed by atoms with van der Waals surface area (Å²) in [5.74, 6) is 0.236. The number of carbonyl (C=O) groups excluding carboxylic acids is 1. The topological polar surface area (TPSA) is 75.7 Å². The Morgan fingerprint density at radius 2 is 1.79 bits per heavy atom. The van der Waals surface area contributed by atoms with Crippen LogP contribution in [0.4, 0.5) is 10.5 Å². The number of urea groups is 1. The van der Waals surface area contributed by atoms with E-state index in [9.17, 15) is 13.2 Å². The summed E-state index contributed by atoms with van der Waals surface area (Å²) < 4.78 is 27.7. The minimum atomic E-state index is -3.60. The zero-order valence-corrected chi connectivity index (χ0v) is 17.6. The van der Waals surface area contributed by atoms with Crippen LogP contribution >= 0.6 is 0 Å². The van der Waals surface area contributed by atoms with Gasteiger partial charge >= 0.3 is 16.1 Å². The van der Waals surface area contributed by atoms with E-state index in [1.54, 1.807) is 23.1 Å². The molecule has 0 aliphatic rings. The van der Waals surface area contributed by atoms with Crippen molar-refractivity contribution in [1.82, 2.24) is 4.90 Å². The number of amides is 2. The first-order valence-electron chi connectivity index (χ1n) is 9.36. The van der Waals surface area contributed by atoms with E-state index in [0.29, 0.717) is 6.54 Å². The lowest BCUT2D eigenvalue weighted by atomic mass is 10.1. The van der Waals surface area contributed by atoms with E-state index in [1.165, 1.54) is 0 Å². The maximum Gasteiger partial charge on any atom is 0.322 e. The molecule has 7 heteroatoms. The molecule has 0 saturated heterocycles. The average Bonchev–Trinajstić information content (AvgIpc) is 2.64. The third-order valence-corrected chi connectivity index (χ3v) is 4.96. The first-order chi connectivity index (χ1) is 13.2. The van der Waals surface area contributed by atoms with Gasteiger partial charge in [-0.3, -0.25) is 0 Å². The molecule has 2 rings (SSSR count). The highest BCUT2D eigenvalue weighted by Crippen LogP contribution is 2.19. The number of benzene rings is 2. The van der Waals surface area contributed by atoms with Crippen molar-refractivity contribution in [3.05, 3.63) is 59.7 Å². The highest BCUT2D eigenvalue weighted by Gasteiger charge is 2.20. The van der Waals surface area contributed by atoms with E-state index in [4.69, 9.17) is 4.18 Å². The minimum absolute atomic E-state index is 0.00819. The minimum Gasteiger partial charge on any atom is -0.383 e. The first kappa shape index (κ1) is 21.8. The van der Waals surface area contributed by atoms with Gasteiger partial charge in [0.2, 0.25) is 0 Å². The number of nitrogens with one attached hydrogen (secondary N) is 1. The summed E-state index contributed by atoms with van der Waals surface area (Å²) in [6.45, 7) is 6.41. The molecule has 28 heavy (non-hydrogen) atoms. The third kappa shape index (κ3) is 6.56. The van der Waals surface area contributed by atoms with Crippen molar-refractivity contribution in [3.63, 3.8) is 0 Å². The van der Waals surface area contributed by atoms with Crippen molar-refractivity contribution in [1.29, 1.82) is 0 Å². The van der Waals surface area contributed by atoms with E-state index in [2.05, 4.69) is 12.2 Å². The standard InChI is InChI=1S/C21H28N2O4S/c1-5-16(3)23(21(24)22-19-11-7-9-17(6-2)13-19)15-18-10-8-12-20(14-18)27-28(4,25)26/h7-14,16H,5-6,15H2,1-4H3,(H,22,24)/t16-/m0/s1. The predicted molar refractivity (Wildman–Crippen MR) is 112 cm³/mol. The Labute approximate surface area is 167 Å². The van der Waals surface area contributed by atoms with Crippen LogP contribution in [0.25, 0.3) is 0 Å². The Hall–Kier alpha value is -2.54. The van der Waals surface area contributed by atoms with Gasteiger partial charge in [0.25, 0.3) is 0 Å². The van der Waals surface area contributed by atoms with Gasteiger partial charge in [0.05, 0.1) is 6.26 Å². The van der Waals surface area contributed by atoms with Crippen molar-refractivity contribution in [2.75, 3.05) is 11.6 Å². The summed E-state index contributed by atoms with van der Waals surface area (Å²) in [5, 5.41) is 2.96. The van der Waals surface area contributed by atoms with Gasteiger partial charge in [-0.25, -0.2) is 4.79 Å². The largest absolute Gasteiger partial charge is 0.383 e. The first-order valence-corrected chi connectivity index (χ1v) is 11.2. The SMILES string of the molecule is CCc1cccc(NC(=O)N(Cc2cccc(OS(C)(=O)=O)c2)[C@@H](C)CC)c1. The predicted octanol–water partition coefficient (Wildman–Crippen LogP) is 4.42. The molecule has 0 saturated carbocycles. The zero-order valence-electron chi connectivity index (χ0n) is 16.8. The Morgan fingerprint density at radius 3 is 2.43 bits per heavy atom. The Morgan fingerprint density at radius 1 is 1.11 bits per heavy atom. The normalized spacial score (nSPS) is 12.3. The van der Waals surface area contributed by atoms with Gasteiger partial charge in [-0.1, -0.05) is 38.1 Å². The summed E-state index contributed by atoms with van der Waals surface area (Å²) >= 11 is 0. The van der Waals surface area contributed by atoms with E-state index in [-0.39, 0.29) is 17.8 Å². The van der Waals surface area contributed by atoms with Crippen LogP contribution in [0, 0.1) is 0 Å². The Balaban J connectivity index is 2.19. The molecule has 0 aliphatic heterocycles. The lowest BCUT2D eigenvalue weighted by Crippen LogP contribution is -2.40. The molecule has 2 aromatic carbocycles. The summed E-state index contributed by atoms with van der Waals surface area (Å²) in [5.41, 5.74) is 2.70. The van der Waals surface area contributed by atoms with Crippen LogP contribution in [0.3, 0.4) is 0 Å². The smallest absolute Gasteiger partial charge is 0.322 e. The molecule has 0 bridgehead atoms. The van der Waals surface area contributed by atoms with Crippen LogP contribution in [-0.4, -0.2) is 31.6 Å². The highest BCUT2D eigenvalue weighted by atomic mass is 32.2. The van der Waals surface area contributed by atoms with Gasteiger partial charge in [-0.05, 0) is 55.2 Å². The van der Waals surface area contributed by atoms with E-state index < -0.39 is 10.1 Å². The molecule has 0 heterocycles. The summed E-state index contributed by atoms with van der Waals surface area (Å²) in [6, 6.07) is 14.4. The second-order valence-corrected chi connectivity index (χ2v) is 8.38. The zero-order chi connectivity index (χ0) is 20.7. The molecule has 2 aromatic rings. The molecular formula is C21H28N2O4S. The molecule has 1 atom stereocenters. The number of carbonyl (C=O) groups is 1. The van der Waals surface area contributed by atoms with Crippen LogP contribution in [-0.2, 0) is 23.1 Å². The maximum absolute atomic E-state index is 12.9. The third-order valence-electron chi connectivity index (χ3n) is 4.47. The fourth-order valence-electron chi connectivity index (χ4n) is 2.78. The number of aryl methyl sites for hydroxylation is 1. The molecule has 0 fully saturated rings. The lowest BCUT2D eigenvalue weighted by Gasteiger charge is -2.29. The molecule has 2 amide bonds. The van der Waals surface area contributed by atoms with Gasteiger partial charge in [0, 0.05) is 18.3 Å². The Kier molecular flexibility index (Phi) is 7.45. The fourth-order valence-corrected chi connectivity index (χ4v) is 3.23. The molecule has 0 radical (unpaired) electrons. The lowest BCUT2D eigenvalue weighted by molar-refractivity contribution is 0.187. The fraction of sp³-hybridized carbons (Fsp3) is 0.381. The number of rotatable bonds is 8. The molecule has 6 nitrogen and oxygen atoms in total. The van der Waals surface area contributed by atoms with Gasteiger partial charge in [-0.2, -0.15) is 8.42 Å². The van der Waals surface area contributed by atoms with Crippen LogP contribution in [0.1, 0.15) is 38.3 Å². The molecule has 0 aromatic heterocycles. The van der Waals surface area contributed by atoms with E-state index in [0.717, 1.165) is 35.9 Å². The summed E-state index contributed by atoms with van der Waals surface area (Å²) in [7, 11) is -3.60. The number of hydrogen-bond donors (Lipinski definition) is 1. The second kappa shape index (κ2) is 9.59. The van der Waals surface area contributed by atoms with Gasteiger partial charge < -0.3 is 14.4 Å². The van der Waals surface area contributed by atoms with Crippen molar-refractivity contribution >= 4 is 21.8 Å². The number of nitrogens with zero attached hydrogens (tertiary/aromatic N) is 1. The van der Waals surface area contributed by atoms with Crippen LogP contribution < -0.4 is 9.50 Å². The molecule has 0 aliphatic carbocycles. The highest BCUT2D eigenvalue weighted by molar-refractivity contribution is 7.86. The van der Waals surface area contributed by atoms with Gasteiger partial charge in [0.15, 0.2) is 0 Å². The van der Waals surface area contributed by atoms with Crippen molar-refractivity contribution < 1.29 is 17.4 Å². The van der Waals surface area contributed by atoms with Crippen molar-refractivity contribution in [3.8, 4) is 5.75 Å². The molecular weight excluding hydrogens is 376 g/mol.